The number of benzene rings is 4. The van der Waals surface area contributed by atoms with Crippen LogP contribution in [0.4, 0.5) is 0 Å². The molecule has 8 heteroatoms. The van der Waals surface area contributed by atoms with Crippen LogP contribution in [0.1, 0.15) is 0 Å². The Kier molecular flexibility index (Phi) is 13.7. The molecule has 3 aromatic heterocycles. The summed E-state index contributed by atoms with van der Waals surface area (Å²) in [5, 5.41) is 1.40. The molecule has 3 heterocycles. The predicted molar refractivity (Wildman–Crippen MR) is 183 cm³/mol. The topological polar surface area (TPSA) is 43.6 Å². The molecule has 0 aliphatic heterocycles. The average Bonchev–Trinajstić information content (AvgIpc) is 3.46. The van der Waals surface area contributed by atoms with Gasteiger partial charge in [0.25, 0.3) is 0 Å². The molecule has 0 spiro atoms. The van der Waals surface area contributed by atoms with Crippen LogP contribution in [0.15, 0.2) is 128 Å². The Labute approximate surface area is 313 Å². The van der Waals surface area contributed by atoms with Gasteiger partial charge in [-0.1, -0.05) is 68.3 Å². The number of imidazole rings is 1. The first-order chi connectivity index (χ1) is 21.0. The molecule has 225 valence electrons. The minimum Gasteiger partial charge on any atom is -0.374 e. The molecule has 0 atom stereocenters. The van der Waals surface area contributed by atoms with Gasteiger partial charge in [0.2, 0.25) is 0 Å². The van der Waals surface area contributed by atoms with Crippen molar-refractivity contribution in [3.05, 3.63) is 152 Å². The minimum atomic E-state index is -1.23. The molecule has 0 N–H and O–H groups in total. The average molecular weight is 863 g/mol. The molecule has 46 heavy (non-hydrogen) atoms. The van der Waals surface area contributed by atoms with Crippen LogP contribution >= 0.6 is 0 Å². The third-order valence-electron chi connectivity index (χ3n) is 7.05. The molecule has 0 bridgehead atoms. The quantitative estimate of drug-likeness (QED) is 0.131. The van der Waals surface area contributed by atoms with Crippen molar-refractivity contribution in [1.29, 1.82) is 0 Å². The van der Waals surface area contributed by atoms with Crippen LogP contribution in [-0.2, 0) is 52.8 Å². The van der Waals surface area contributed by atoms with Crippen LogP contribution < -0.4 is 5.19 Å². The Morgan fingerprint density at radius 1 is 0.696 bits per heavy atom. The zero-order valence-electron chi connectivity index (χ0n) is 25.9. The van der Waals surface area contributed by atoms with Gasteiger partial charge in [-0.15, -0.1) is 48.0 Å². The zero-order valence-corrected chi connectivity index (χ0v) is 32.1. The van der Waals surface area contributed by atoms with Gasteiger partial charge in [-0.2, -0.15) is 5.56 Å². The maximum absolute atomic E-state index is 4.87. The van der Waals surface area contributed by atoms with Crippen molar-refractivity contribution in [3.63, 3.8) is 0 Å². The van der Waals surface area contributed by atoms with Gasteiger partial charge in [0.1, 0.15) is 0 Å². The fourth-order valence-electron chi connectivity index (χ4n) is 4.76. The SMILES string of the molecule is C[Si](C)(C)c1ccc(-c2[c-]cccc2)nc1.[B].[Ir].[Y].[c-]1ccc(-c2[c-]nccc2)[c-]c1-c1nc2ccccc2n1-c1ccccc1. The molecule has 0 unspecified atom stereocenters. The second-order valence-corrected chi connectivity index (χ2v) is 16.2. The third-order valence-corrected chi connectivity index (χ3v) is 9.08. The Balaban J connectivity index is 0.000000264. The number of hydrogen-bond donors (Lipinski definition) is 0. The van der Waals surface area contributed by atoms with E-state index in [2.05, 4.69) is 88.9 Å². The van der Waals surface area contributed by atoms with Gasteiger partial charge >= 0.3 is 0 Å². The van der Waals surface area contributed by atoms with Gasteiger partial charge in [-0.25, -0.2) is 6.07 Å². The van der Waals surface area contributed by atoms with Crippen molar-refractivity contribution in [2.24, 2.45) is 0 Å². The van der Waals surface area contributed by atoms with E-state index in [0.717, 1.165) is 50.5 Å². The number of nitrogens with zero attached hydrogens (tertiary/aromatic N) is 4. The standard InChI is InChI=1S/C24H14N3.C14H16NSi.B.Ir.Y/c1-2-11-21(12-3-1)27-23-14-5-4-13-22(23)26-24(27)19-9-6-8-18(16-19)20-10-7-15-25-17-20;1-16(2,3)13-9-10-14(15-11-13)12-7-5-4-6-8-12;;;/h1-8,10-15H;4-7,9-11H,1-3H3;;;/q-3;-1;;;. The summed E-state index contributed by atoms with van der Waals surface area (Å²) in [7, 11) is -1.23. The first-order valence-electron chi connectivity index (χ1n) is 14.2. The molecule has 4 nitrogen and oxygen atoms in total. The summed E-state index contributed by atoms with van der Waals surface area (Å²) in [5.41, 5.74) is 7.74. The monoisotopic (exact) mass is 863 g/mol. The van der Waals surface area contributed by atoms with Gasteiger partial charge in [0.05, 0.1) is 19.1 Å². The Morgan fingerprint density at radius 3 is 2.11 bits per heavy atom. The van der Waals surface area contributed by atoms with Crippen molar-refractivity contribution in [3.8, 4) is 39.5 Å². The van der Waals surface area contributed by atoms with E-state index in [1.807, 2.05) is 91.1 Å². The molecule has 0 saturated carbocycles. The van der Waals surface area contributed by atoms with Crippen LogP contribution in [0.25, 0.3) is 50.5 Å². The molecule has 4 aromatic carbocycles. The van der Waals surface area contributed by atoms with Crippen LogP contribution in [-0.4, -0.2) is 36.0 Å². The summed E-state index contributed by atoms with van der Waals surface area (Å²) in [6.07, 6.45) is 6.75. The number of para-hydroxylation sites is 3. The van der Waals surface area contributed by atoms with Gasteiger partial charge in [0.15, 0.2) is 0 Å². The number of pyridine rings is 2. The Hall–Kier alpha value is -3.31. The van der Waals surface area contributed by atoms with E-state index in [4.69, 9.17) is 4.98 Å². The molecule has 0 saturated heterocycles. The summed E-state index contributed by atoms with van der Waals surface area (Å²) in [6, 6.07) is 48.3. The largest absolute Gasteiger partial charge is 0.374 e. The summed E-state index contributed by atoms with van der Waals surface area (Å²) >= 11 is 0. The van der Waals surface area contributed by atoms with E-state index in [9.17, 15) is 0 Å². The molecule has 0 amide bonds. The summed E-state index contributed by atoms with van der Waals surface area (Å²) < 4.78 is 2.15. The zero-order chi connectivity index (χ0) is 29.6. The number of rotatable bonds is 5. The van der Waals surface area contributed by atoms with Crippen LogP contribution in [0.5, 0.6) is 0 Å². The molecule has 7 aromatic rings. The first-order valence-corrected chi connectivity index (χ1v) is 17.7. The predicted octanol–water partition coefficient (Wildman–Crippen LogP) is 7.86. The van der Waals surface area contributed by atoms with E-state index in [1.165, 1.54) is 5.19 Å². The number of fused-ring (bicyclic) bond motifs is 1. The number of aromatic nitrogens is 4. The Morgan fingerprint density at radius 2 is 1.43 bits per heavy atom. The normalized spacial score (nSPS) is 10.4. The van der Waals surface area contributed by atoms with Crippen molar-refractivity contribution in [1.82, 2.24) is 19.5 Å². The van der Waals surface area contributed by atoms with E-state index < -0.39 is 8.07 Å². The van der Waals surface area contributed by atoms with Crippen molar-refractivity contribution < 1.29 is 52.8 Å². The van der Waals surface area contributed by atoms with Gasteiger partial charge in [0, 0.05) is 73.1 Å². The van der Waals surface area contributed by atoms with Crippen molar-refractivity contribution in [2.45, 2.75) is 19.6 Å². The maximum Gasteiger partial charge on any atom is 0.0795 e. The smallest absolute Gasteiger partial charge is 0.0795 e. The molecular weight excluding hydrogens is 832 g/mol. The number of hydrogen-bond acceptors (Lipinski definition) is 3. The van der Waals surface area contributed by atoms with E-state index >= 15 is 0 Å². The summed E-state index contributed by atoms with van der Waals surface area (Å²) in [6.45, 7) is 7.00. The van der Waals surface area contributed by atoms with Gasteiger partial charge in [-0.3, -0.25) is 23.3 Å². The molecule has 0 aliphatic rings. The van der Waals surface area contributed by atoms with Crippen LogP contribution in [0.3, 0.4) is 0 Å². The van der Waals surface area contributed by atoms with Crippen LogP contribution in [0, 0.1) is 24.4 Å². The maximum atomic E-state index is 4.87. The fraction of sp³-hybridized carbons (Fsp3) is 0.0789. The Bertz CT molecular complexity index is 1950. The third kappa shape index (κ3) is 8.73. The molecule has 5 radical (unpaired) electrons. The van der Waals surface area contributed by atoms with Gasteiger partial charge in [-0.05, 0) is 47.2 Å². The van der Waals surface area contributed by atoms with Gasteiger partial charge < -0.3 is 25.6 Å². The van der Waals surface area contributed by atoms with Crippen molar-refractivity contribution in [2.75, 3.05) is 0 Å². The van der Waals surface area contributed by atoms with E-state index in [0.29, 0.717) is 0 Å². The summed E-state index contributed by atoms with van der Waals surface area (Å²) in [5.74, 6) is 0.813. The molecule has 0 aliphatic carbocycles. The van der Waals surface area contributed by atoms with Crippen molar-refractivity contribution >= 4 is 32.7 Å². The molecule has 0 fully saturated rings. The summed E-state index contributed by atoms with van der Waals surface area (Å²) in [4.78, 5) is 13.5. The second-order valence-electron chi connectivity index (χ2n) is 11.1. The minimum absolute atomic E-state index is 0. The van der Waals surface area contributed by atoms with Crippen LogP contribution in [0.2, 0.25) is 19.6 Å². The van der Waals surface area contributed by atoms with E-state index in [1.54, 1.807) is 6.20 Å². The fourth-order valence-corrected chi connectivity index (χ4v) is 5.79. The van der Waals surface area contributed by atoms with E-state index in [-0.39, 0.29) is 61.2 Å². The second kappa shape index (κ2) is 17.0. The first kappa shape index (κ1) is 37.1. The molecular formula is C38H30BIrN4SiY-4. The molecule has 7 rings (SSSR count).